The lowest BCUT2D eigenvalue weighted by molar-refractivity contribution is -0.143. The number of carbonyl (C=O) groups excluding carboxylic acids is 8. The molecule has 8 atom stereocenters. The molecule has 17 N–H and O–H groups in total. The molecule has 2 heterocycles. The number of aliphatic imine (C=N–C) groups is 1. The van der Waals surface area contributed by atoms with Gasteiger partial charge in [0.1, 0.15) is 48.3 Å². The van der Waals surface area contributed by atoms with Crippen LogP contribution in [0.2, 0.25) is 0 Å². The van der Waals surface area contributed by atoms with Gasteiger partial charge >= 0.3 is 0 Å². The molecule has 0 aromatic heterocycles. The van der Waals surface area contributed by atoms with E-state index in [1.165, 1.54) is 4.90 Å². The Bertz CT molecular complexity index is 2430. The van der Waals surface area contributed by atoms with Gasteiger partial charge in [0.25, 0.3) is 0 Å². The average Bonchev–Trinajstić information content (AvgIpc) is 3.92. The molecule has 8 amide bonds. The highest BCUT2D eigenvalue weighted by Crippen LogP contribution is 2.22. The first-order valence-corrected chi connectivity index (χ1v) is 25.9. The Kier molecular flexibility index (Phi) is 24.1. The van der Waals surface area contributed by atoms with E-state index in [4.69, 9.17) is 22.9 Å². The van der Waals surface area contributed by atoms with Crippen molar-refractivity contribution in [3.05, 3.63) is 96.1 Å². The topological polar surface area (TPSA) is 381 Å². The zero-order valence-corrected chi connectivity index (χ0v) is 42.8. The summed E-state index contributed by atoms with van der Waals surface area (Å²) in [5, 5.41) is 39.7. The van der Waals surface area contributed by atoms with Crippen LogP contribution in [0, 0.1) is 0 Å². The SMILES string of the molecule is NCCCC[C@@H]1NC(=O)[C@H](CCCN=C(N)N)NC(=O)[C@H](CCCCN)NC(=O)[C@H]2CCCN2C(=O)[C@@H](Cc2ccccc2)NC(=O)[C@H](CO)NC(=O)[C@H](Cc2ccc(-c3ccccc3)cc2)NC(=O)[C@H](CO)NC1=O. The number of unbranched alkanes of at least 4 members (excludes halogenated alkanes) is 2. The largest absolute Gasteiger partial charge is 0.394 e. The van der Waals surface area contributed by atoms with Crippen LogP contribution in [-0.4, -0.2) is 156 Å². The van der Waals surface area contributed by atoms with Gasteiger partial charge in [0.2, 0.25) is 47.3 Å². The summed E-state index contributed by atoms with van der Waals surface area (Å²) >= 11 is 0. The lowest BCUT2D eigenvalue weighted by Gasteiger charge is -2.31. The third-order valence-electron chi connectivity index (χ3n) is 13.2. The number of aliphatic hydroxyl groups is 2. The van der Waals surface area contributed by atoms with E-state index in [2.05, 4.69) is 42.2 Å². The van der Waals surface area contributed by atoms with E-state index in [1.54, 1.807) is 42.5 Å². The Morgan fingerprint density at radius 3 is 1.41 bits per heavy atom. The number of guanidine groups is 1. The number of fused-ring (bicyclic) bond motifs is 1. The maximum absolute atomic E-state index is 14.7. The summed E-state index contributed by atoms with van der Waals surface area (Å²) in [5.41, 5.74) is 25.7. The predicted octanol–water partition coefficient (Wildman–Crippen LogP) is -2.17. The molecule has 2 aliphatic rings. The molecule has 2 aliphatic heterocycles. The maximum Gasteiger partial charge on any atom is 0.246 e. The molecule has 2 saturated heterocycles. The molecule has 0 bridgehead atoms. The van der Waals surface area contributed by atoms with Crippen LogP contribution in [0.3, 0.4) is 0 Å². The predicted molar refractivity (Wildman–Crippen MR) is 284 cm³/mol. The van der Waals surface area contributed by atoms with E-state index in [0.29, 0.717) is 43.2 Å². The van der Waals surface area contributed by atoms with Crippen molar-refractivity contribution in [2.45, 2.75) is 125 Å². The first-order valence-electron chi connectivity index (χ1n) is 25.9. The molecular weight excluding hydrogens is 979 g/mol. The number of aliphatic hydroxyl groups excluding tert-OH is 2. The van der Waals surface area contributed by atoms with E-state index in [1.807, 2.05) is 42.5 Å². The molecule has 0 saturated carbocycles. The lowest BCUT2D eigenvalue weighted by atomic mass is 9.99. The number of nitrogens with one attached hydrogen (secondary N) is 7. The summed E-state index contributed by atoms with van der Waals surface area (Å²) in [4.78, 5) is 120. The fourth-order valence-corrected chi connectivity index (χ4v) is 9.05. The van der Waals surface area contributed by atoms with Gasteiger partial charge in [0.05, 0.1) is 13.2 Å². The van der Waals surface area contributed by atoms with Gasteiger partial charge in [-0.1, -0.05) is 84.9 Å². The molecule has 0 unspecified atom stereocenters. The number of nitrogens with two attached hydrogens (primary N) is 4. The number of carbonyl (C=O) groups is 8. The van der Waals surface area contributed by atoms with Crippen LogP contribution >= 0.6 is 0 Å². The molecule has 412 valence electrons. The summed E-state index contributed by atoms with van der Waals surface area (Å²) in [6.45, 7) is -1.18. The van der Waals surface area contributed by atoms with E-state index < -0.39 is 109 Å². The second-order valence-electron chi connectivity index (χ2n) is 19.0. The van der Waals surface area contributed by atoms with Crippen molar-refractivity contribution in [2.24, 2.45) is 27.9 Å². The number of hydrogen-bond donors (Lipinski definition) is 13. The van der Waals surface area contributed by atoms with Gasteiger partial charge in [-0.25, -0.2) is 0 Å². The van der Waals surface area contributed by atoms with E-state index >= 15 is 0 Å². The quantitative estimate of drug-likeness (QED) is 0.0346. The molecule has 0 aliphatic carbocycles. The third-order valence-corrected chi connectivity index (χ3v) is 13.2. The first kappa shape index (κ1) is 59.4. The third kappa shape index (κ3) is 18.1. The van der Waals surface area contributed by atoms with Crippen LogP contribution in [0.1, 0.15) is 75.3 Å². The smallest absolute Gasteiger partial charge is 0.246 e. The fraction of sp³-hybridized carbons (Fsp3) is 0.491. The van der Waals surface area contributed by atoms with E-state index in [-0.39, 0.29) is 77.1 Å². The van der Waals surface area contributed by atoms with Gasteiger partial charge < -0.3 is 75.3 Å². The number of nitrogens with zero attached hydrogens (tertiary/aromatic N) is 2. The van der Waals surface area contributed by atoms with Gasteiger partial charge in [0, 0.05) is 25.9 Å². The lowest BCUT2D eigenvalue weighted by Crippen LogP contribution is -2.62. The van der Waals surface area contributed by atoms with Gasteiger partial charge in [-0.2, -0.15) is 0 Å². The van der Waals surface area contributed by atoms with Crippen LogP contribution in [0.25, 0.3) is 11.1 Å². The van der Waals surface area contributed by atoms with Crippen molar-refractivity contribution in [3.8, 4) is 11.1 Å². The van der Waals surface area contributed by atoms with E-state index in [0.717, 1.165) is 11.1 Å². The van der Waals surface area contributed by atoms with Crippen LogP contribution in [0.4, 0.5) is 0 Å². The molecular formula is C53H75N13O10. The number of amides is 8. The van der Waals surface area contributed by atoms with Crippen LogP contribution in [-0.2, 0) is 51.2 Å². The molecule has 3 aromatic rings. The molecule has 76 heavy (non-hydrogen) atoms. The molecule has 3 aromatic carbocycles. The summed E-state index contributed by atoms with van der Waals surface area (Å²) in [5.74, 6) is -6.83. The van der Waals surface area contributed by atoms with Crippen molar-refractivity contribution >= 4 is 53.2 Å². The zero-order valence-electron chi connectivity index (χ0n) is 42.8. The number of benzene rings is 3. The van der Waals surface area contributed by atoms with Crippen molar-refractivity contribution < 1.29 is 48.6 Å². The van der Waals surface area contributed by atoms with Crippen molar-refractivity contribution in [3.63, 3.8) is 0 Å². The molecule has 23 nitrogen and oxygen atoms in total. The minimum atomic E-state index is -1.69. The Balaban J connectivity index is 1.56. The highest BCUT2D eigenvalue weighted by molar-refractivity contribution is 5.99. The average molecular weight is 1050 g/mol. The van der Waals surface area contributed by atoms with Crippen molar-refractivity contribution in [2.75, 3.05) is 39.4 Å². The summed E-state index contributed by atoms with van der Waals surface area (Å²) < 4.78 is 0. The standard InChI is InChI=1S/C53H75N13O10/c54-25-9-7-17-37-47(71)64-42(31-67)49(73)62-40(29-34-21-23-36(24-22-34)35-15-5-2-6-16-35)48(72)65-43(32-68)50(74)63-41(30-33-13-3-1-4-14-33)52(76)66-28-12-20-44(66)51(75)61-38(18-8-10-26-55)45(69)60-39(46(70)59-37)19-11-27-58-53(56)57/h1-6,13-16,21-24,37-44,67-68H,7-12,17-20,25-32,54-55H2,(H,59,70)(H,60,69)(H,61,75)(H,62,73)(H,63,74)(H,64,71)(H,65,72)(H4,56,57,58)/t37-,38-,39-,40-,41+,42-,43-,44+/m0/s1. The summed E-state index contributed by atoms with van der Waals surface area (Å²) in [7, 11) is 0. The summed E-state index contributed by atoms with van der Waals surface area (Å²) in [6, 6.07) is 14.2. The van der Waals surface area contributed by atoms with Crippen LogP contribution in [0.5, 0.6) is 0 Å². The number of rotatable bonds is 19. The maximum atomic E-state index is 14.7. The van der Waals surface area contributed by atoms with Crippen LogP contribution in [0.15, 0.2) is 89.9 Å². The Morgan fingerprint density at radius 1 is 0.487 bits per heavy atom. The normalized spacial score (nSPS) is 23.6. The highest BCUT2D eigenvalue weighted by Gasteiger charge is 2.41. The molecule has 0 radical (unpaired) electrons. The highest BCUT2D eigenvalue weighted by atomic mass is 16.3. The molecule has 0 spiro atoms. The Labute approximate surface area is 442 Å². The van der Waals surface area contributed by atoms with Crippen molar-refractivity contribution in [1.82, 2.24) is 42.1 Å². The Hall–Kier alpha value is -7.47. The van der Waals surface area contributed by atoms with Gasteiger partial charge in [-0.05, 0) is 99.6 Å². The molecule has 5 rings (SSSR count). The first-order chi connectivity index (χ1) is 36.6. The molecule has 2 fully saturated rings. The molecule has 23 heteroatoms. The second-order valence-corrected chi connectivity index (χ2v) is 19.0. The minimum Gasteiger partial charge on any atom is -0.394 e. The number of hydrogen-bond acceptors (Lipinski definition) is 13. The fourth-order valence-electron chi connectivity index (χ4n) is 9.05. The van der Waals surface area contributed by atoms with Gasteiger partial charge in [0.15, 0.2) is 5.96 Å². The minimum absolute atomic E-state index is 0.0123. The second kappa shape index (κ2) is 30.8. The van der Waals surface area contributed by atoms with Crippen molar-refractivity contribution in [1.29, 1.82) is 0 Å². The summed E-state index contributed by atoms with van der Waals surface area (Å²) in [6.07, 6.45) is 2.28. The van der Waals surface area contributed by atoms with E-state index in [9.17, 15) is 48.6 Å². The monoisotopic (exact) mass is 1050 g/mol. The van der Waals surface area contributed by atoms with Gasteiger partial charge in [-0.3, -0.25) is 43.3 Å². The Morgan fingerprint density at radius 2 is 0.895 bits per heavy atom. The van der Waals surface area contributed by atoms with Gasteiger partial charge in [-0.15, -0.1) is 0 Å². The zero-order chi connectivity index (χ0) is 55.0. The van der Waals surface area contributed by atoms with Crippen LogP contribution < -0.4 is 60.2 Å².